The zero-order valence-electron chi connectivity index (χ0n) is 29.5. The summed E-state index contributed by atoms with van der Waals surface area (Å²) in [5.74, 6) is 0.307. The highest BCUT2D eigenvalue weighted by Crippen LogP contribution is 2.45. The lowest BCUT2D eigenvalue weighted by Gasteiger charge is -2.31. The summed E-state index contributed by atoms with van der Waals surface area (Å²) in [6, 6.07) is 26.8. The van der Waals surface area contributed by atoms with Crippen LogP contribution in [-0.2, 0) is 16.0 Å². The average Bonchev–Trinajstić information content (AvgIpc) is 3.65. The highest BCUT2D eigenvalue weighted by Gasteiger charge is 2.33. The molecule has 0 fully saturated rings. The molecule has 258 valence electrons. The molecule has 3 unspecified atom stereocenters. The molecule has 0 saturated carbocycles. The van der Waals surface area contributed by atoms with E-state index >= 15 is 0 Å². The van der Waals surface area contributed by atoms with Gasteiger partial charge in [-0.2, -0.15) is 0 Å². The van der Waals surface area contributed by atoms with E-state index in [2.05, 4.69) is 60.9 Å². The number of aliphatic carboxylic acids is 1. The molecule has 0 saturated heterocycles. The second kappa shape index (κ2) is 12.5. The van der Waals surface area contributed by atoms with E-state index in [9.17, 15) is 9.90 Å². The maximum Gasteiger partial charge on any atom is 0.337 e. The molecular formula is C42H39ClN4O3S. The number of imidazole rings is 1. The number of carboxylic acids is 1. The van der Waals surface area contributed by atoms with Gasteiger partial charge in [0.05, 0.1) is 32.4 Å². The molecule has 0 spiro atoms. The molecule has 51 heavy (non-hydrogen) atoms. The number of rotatable bonds is 6. The lowest BCUT2D eigenvalue weighted by Crippen LogP contribution is -2.28. The Labute approximate surface area is 305 Å². The van der Waals surface area contributed by atoms with Crippen LogP contribution in [0.3, 0.4) is 0 Å². The quantitative estimate of drug-likeness (QED) is 0.184. The van der Waals surface area contributed by atoms with Crippen molar-refractivity contribution in [1.29, 1.82) is 0 Å². The molecule has 4 aromatic carbocycles. The number of pyridine rings is 1. The van der Waals surface area contributed by atoms with Crippen LogP contribution in [-0.4, -0.2) is 36.2 Å². The topological polar surface area (TPSA) is 90.1 Å². The Morgan fingerprint density at radius 3 is 2.43 bits per heavy atom. The number of aromatic nitrogens is 4. The lowest BCUT2D eigenvalue weighted by molar-refractivity contribution is -0.160. The Kier molecular flexibility index (Phi) is 8.24. The Morgan fingerprint density at radius 1 is 0.941 bits per heavy atom. The smallest absolute Gasteiger partial charge is 0.337 e. The van der Waals surface area contributed by atoms with E-state index in [4.69, 9.17) is 31.3 Å². The molecule has 7 aromatic rings. The van der Waals surface area contributed by atoms with Gasteiger partial charge in [-0.1, -0.05) is 48.9 Å². The number of nitrogens with zero attached hydrogens (tertiary/aromatic N) is 4. The molecule has 0 aliphatic heterocycles. The van der Waals surface area contributed by atoms with Gasteiger partial charge < -0.3 is 14.4 Å². The van der Waals surface area contributed by atoms with Gasteiger partial charge in [0.15, 0.2) is 6.10 Å². The van der Waals surface area contributed by atoms with Gasteiger partial charge in [0.2, 0.25) is 0 Å². The number of carbonyl (C=O) groups is 1. The number of ether oxygens (including phenoxy) is 1. The summed E-state index contributed by atoms with van der Waals surface area (Å²) in [5.41, 5.74) is 9.77. The first-order valence-corrected chi connectivity index (χ1v) is 18.5. The van der Waals surface area contributed by atoms with Crippen molar-refractivity contribution in [2.24, 2.45) is 0 Å². The number of fused-ring (bicyclic) bond motifs is 4. The number of halogens is 1. The summed E-state index contributed by atoms with van der Waals surface area (Å²) in [7, 11) is 0. The van der Waals surface area contributed by atoms with Crippen LogP contribution in [0.1, 0.15) is 80.4 Å². The third-order valence-electron chi connectivity index (χ3n) is 9.92. The summed E-state index contributed by atoms with van der Waals surface area (Å²) in [5, 5.41) is 13.1. The molecular weight excluding hydrogens is 676 g/mol. The highest BCUT2D eigenvalue weighted by atomic mass is 35.5. The van der Waals surface area contributed by atoms with Gasteiger partial charge in [-0.05, 0) is 112 Å². The number of para-hydroxylation sites is 1. The van der Waals surface area contributed by atoms with Gasteiger partial charge in [-0.15, -0.1) is 11.3 Å². The van der Waals surface area contributed by atoms with Crippen LogP contribution < -0.4 is 0 Å². The Balaban J connectivity index is 1.26. The number of hydrogen-bond donors (Lipinski definition) is 1. The van der Waals surface area contributed by atoms with E-state index in [1.54, 1.807) is 11.3 Å². The van der Waals surface area contributed by atoms with Crippen molar-refractivity contribution >= 4 is 61.1 Å². The largest absolute Gasteiger partial charge is 0.479 e. The van der Waals surface area contributed by atoms with E-state index in [0.29, 0.717) is 16.5 Å². The van der Waals surface area contributed by atoms with Crippen LogP contribution >= 0.6 is 22.9 Å². The van der Waals surface area contributed by atoms with Crippen molar-refractivity contribution in [2.75, 3.05) is 0 Å². The second-order valence-electron chi connectivity index (χ2n) is 14.7. The Morgan fingerprint density at radius 2 is 1.69 bits per heavy atom. The minimum atomic E-state index is -1.17. The number of aryl methyl sites for hydroxylation is 2. The summed E-state index contributed by atoms with van der Waals surface area (Å²) < 4.78 is 9.50. The fourth-order valence-electron chi connectivity index (χ4n) is 7.77. The molecule has 1 N–H and O–H groups in total. The summed E-state index contributed by atoms with van der Waals surface area (Å²) in [6.45, 7) is 11.9. The van der Waals surface area contributed by atoms with Crippen LogP contribution in [0.2, 0.25) is 5.02 Å². The minimum absolute atomic E-state index is 0.217. The van der Waals surface area contributed by atoms with Crippen molar-refractivity contribution in [3.8, 4) is 21.7 Å². The SMILES string of the molecule is Cc1cc2nc(-c3ccc4nc(C)n(C5Cc6nc7ccccc7cc6C(C)C5)c4c3)sc2c(-c2ccc(Cl)cc2)c1C(OC(C)(C)C)C(=O)O. The van der Waals surface area contributed by atoms with Crippen molar-refractivity contribution in [1.82, 2.24) is 19.5 Å². The molecule has 3 aromatic heterocycles. The first kappa shape index (κ1) is 33.5. The van der Waals surface area contributed by atoms with Crippen LogP contribution in [0.15, 0.2) is 78.9 Å². The third kappa shape index (κ3) is 6.09. The zero-order chi connectivity index (χ0) is 35.8. The molecule has 1 aliphatic carbocycles. The molecule has 0 bridgehead atoms. The third-order valence-corrected chi connectivity index (χ3v) is 11.3. The minimum Gasteiger partial charge on any atom is -0.479 e. The lowest BCUT2D eigenvalue weighted by atomic mass is 9.83. The Bertz CT molecular complexity index is 2500. The fourth-order valence-corrected chi connectivity index (χ4v) is 9.02. The van der Waals surface area contributed by atoms with Crippen LogP contribution in [0.4, 0.5) is 0 Å². The van der Waals surface area contributed by atoms with Gasteiger partial charge in [0.1, 0.15) is 10.8 Å². The summed E-state index contributed by atoms with van der Waals surface area (Å²) in [4.78, 5) is 28.1. The van der Waals surface area contributed by atoms with Gasteiger partial charge in [-0.25, -0.2) is 14.8 Å². The van der Waals surface area contributed by atoms with E-state index in [1.807, 2.05) is 64.1 Å². The van der Waals surface area contributed by atoms with E-state index in [1.165, 1.54) is 10.9 Å². The van der Waals surface area contributed by atoms with Crippen LogP contribution in [0.25, 0.3) is 53.9 Å². The Hall–Kier alpha value is -4.63. The number of carboxylic acid groups (broad SMARTS) is 1. The molecule has 3 heterocycles. The molecule has 1 aliphatic rings. The van der Waals surface area contributed by atoms with Gasteiger partial charge in [0.25, 0.3) is 0 Å². The van der Waals surface area contributed by atoms with Crippen LogP contribution in [0.5, 0.6) is 0 Å². The maximum atomic E-state index is 12.8. The van der Waals surface area contributed by atoms with Gasteiger partial charge in [0, 0.05) is 45.3 Å². The average molecular weight is 715 g/mol. The fraction of sp³-hybridized carbons (Fsp3) is 0.286. The zero-order valence-corrected chi connectivity index (χ0v) is 31.1. The molecule has 0 radical (unpaired) electrons. The molecule has 0 amide bonds. The maximum absolute atomic E-state index is 12.8. The van der Waals surface area contributed by atoms with Crippen LogP contribution in [0, 0.1) is 13.8 Å². The van der Waals surface area contributed by atoms with Crippen molar-refractivity contribution in [3.05, 3.63) is 112 Å². The predicted molar refractivity (Wildman–Crippen MR) is 207 cm³/mol. The predicted octanol–water partition coefficient (Wildman–Crippen LogP) is 11.0. The normalized spacial score (nSPS) is 16.9. The monoisotopic (exact) mass is 714 g/mol. The van der Waals surface area contributed by atoms with E-state index in [-0.39, 0.29) is 6.04 Å². The molecule has 3 atom stereocenters. The first-order chi connectivity index (χ1) is 24.3. The molecule has 7 nitrogen and oxygen atoms in total. The van der Waals surface area contributed by atoms with Gasteiger partial charge >= 0.3 is 5.97 Å². The van der Waals surface area contributed by atoms with Crippen molar-refractivity contribution < 1.29 is 14.6 Å². The standard InChI is InChI=1S/C42H39ClN4O3S/c1-22-17-29(21-33-30(22)19-26-9-7-8-10-31(26)45-33)47-24(3)44-32-16-13-27(20-35(32)47)40-46-34-18-23(2)36(38(41(48)49)50-42(4,5)6)37(39(34)51-40)25-11-14-28(43)15-12-25/h7-16,18-20,22,29,38H,17,21H2,1-6H3,(H,48,49). The number of thiazole rings is 1. The number of benzene rings is 4. The highest BCUT2D eigenvalue weighted by molar-refractivity contribution is 7.22. The molecule has 9 heteroatoms. The first-order valence-electron chi connectivity index (χ1n) is 17.3. The van der Waals surface area contributed by atoms with E-state index in [0.717, 1.165) is 78.4 Å². The molecule has 8 rings (SSSR count). The number of hydrogen-bond acceptors (Lipinski definition) is 6. The van der Waals surface area contributed by atoms with Gasteiger partial charge in [-0.3, -0.25) is 4.98 Å². The second-order valence-corrected chi connectivity index (χ2v) is 16.2. The summed E-state index contributed by atoms with van der Waals surface area (Å²) >= 11 is 7.87. The van der Waals surface area contributed by atoms with Crippen molar-refractivity contribution in [2.45, 2.75) is 78.0 Å². The summed E-state index contributed by atoms with van der Waals surface area (Å²) in [6.07, 6.45) is 0.670. The van der Waals surface area contributed by atoms with Crippen molar-refractivity contribution in [3.63, 3.8) is 0 Å². The van der Waals surface area contributed by atoms with E-state index < -0.39 is 17.7 Å².